The molecule has 0 bridgehead atoms. The smallest absolute Gasteiger partial charge is 0.218 e. The van der Waals surface area contributed by atoms with Gasteiger partial charge in [0.25, 0.3) is 0 Å². The van der Waals surface area contributed by atoms with Crippen LogP contribution in [0.2, 0.25) is 0 Å². The van der Waals surface area contributed by atoms with E-state index in [2.05, 4.69) is 22.2 Å². The van der Waals surface area contributed by atoms with Gasteiger partial charge in [0.2, 0.25) is 5.88 Å². The van der Waals surface area contributed by atoms with Gasteiger partial charge in [-0.3, -0.25) is 0 Å². The molecular formula is C11H19N3O2. The number of hydrogen-bond acceptors (Lipinski definition) is 5. The molecule has 0 amide bonds. The quantitative estimate of drug-likeness (QED) is 0.767. The third kappa shape index (κ3) is 4.02. The summed E-state index contributed by atoms with van der Waals surface area (Å²) >= 11 is 0. The molecule has 1 rings (SSSR count). The van der Waals surface area contributed by atoms with Crippen LogP contribution in [0.25, 0.3) is 0 Å². The summed E-state index contributed by atoms with van der Waals surface area (Å²) in [5.74, 6) is 1.98. The van der Waals surface area contributed by atoms with Gasteiger partial charge < -0.3 is 14.8 Å². The number of aromatic nitrogens is 2. The van der Waals surface area contributed by atoms with Gasteiger partial charge in [-0.2, -0.15) is 4.98 Å². The van der Waals surface area contributed by atoms with E-state index in [1.807, 2.05) is 14.0 Å². The van der Waals surface area contributed by atoms with Gasteiger partial charge in [0.1, 0.15) is 12.4 Å². The zero-order chi connectivity index (χ0) is 11.8. The second-order valence-electron chi connectivity index (χ2n) is 3.24. The van der Waals surface area contributed by atoms with Crippen LogP contribution in [0.1, 0.15) is 26.1 Å². The lowest BCUT2D eigenvalue weighted by Gasteiger charge is -2.08. The average Bonchev–Trinajstić information content (AvgIpc) is 2.33. The molecule has 1 N–H and O–H groups in total. The van der Waals surface area contributed by atoms with Crippen LogP contribution in [0.15, 0.2) is 6.07 Å². The van der Waals surface area contributed by atoms with E-state index in [-0.39, 0.29) is 0 Å². The van der Waals surface area contributed by atoms with E-state index >= 15 is 0 Å². The molecule has 5 nitrogen and oxygen atoms in total. The monoisotopic (exact) mass is 225 g/mol. The van der Waals surface area contributed by atoms with E-state index in [0.29, 0.717) is 31.5 Å². The van der Waals surface area contributed by atoms with E-state index in [1.165, 1.54) is 0 Å². The minimum atomic E-state index is 0.411. The predicted octanol–water partition coefficient (Wildman–Crippen LogP) is 1.84. The fourth-order valence-corrected chi connectivity index (χ4v) is 1.14. The Labute approximate surface area is 96.2 Å². The van der Waals surface area contributed by atoms with Crippen molar-refractivity contribution in [1.29, 1.82) is 0 Å². The van der Waals surface area contributed by atoms with Crippen LogP contribution in [-0.2, 0) is 11.3 Å². The summed E-state index contributed by atoms with van der Waals surface area (Å²) in [5.41, 5.74) is 0. The summed E-state index contributed by atoms with van der Waals surface area (Å²) in [6, 6.07) is 1.78. The molecule has 0 saturated carbocycles. The molecule has 0 unspecified atom stereocenters. The first-order valence-corrected chi connectivity index (χ1v) is 5.56. The summed E-state index contributed by atoms with van der Waals surface area (Å²) in [7, 11) is 1.82. The van der Waals surface area contributed by atoms with Crippen molar-refractivity contribution in [2.24, 2.45) is 0 Å². The Morgan fingerprint density at radius 1 is 1.31 bits per heavy atom. The van der Waals surface area contributed by atoms with Gasteiger partial charge in [0.15, 0.2) is 5.82 Å². The van der Waals surface area contributed by atoms with Crippen molar-refractivity contribution in [3.63, 3.8) is 0 Å². The number of ether oxygens (including phenoxy) is 2. The molecule has 0 aliphatic heterocycles. The molecule has 0 aliphatic rings. The van der Waals surface area contributed by atoms with Gasteiger partial charge in [-0.1, -0.05) is 6.92 Å². The lowest BCUT2D eigenvalue weighted by Crippen LogP contribution is -2.06. The van der Waals surface area contributed by atoms with Gasteiger partial charge in [-0.15, -0.1) is 0 Å². The van der Waals surface area contributed by atoms with Crippen molar-refractivity contribution < 1.29 is 9.47 Å². The molecule has 90 valence electrons. The molecule has 1 heterocycles. The Morgan fingerprint density at radius 2 is 2.12 bits per heavy atom. The number of nitrogens with one attached hydrogen (secondary N) is 1. The van der Waals surface area contributed by atoms with Crippen molar-refractivity contribution in [2.45, 2.75) is 26.9 Å². The Kier molecular flexibility index (Phi) is 5.56. The van der Waals surface area contributed by atoms with Gasteiger partial charge in [-0.25, -0.2) is 4.98 Å². The Hall–Kier alpha value is -1.36. The van der Waals surface area contributed by atoms with Crippen molar-refractivity contribution in [3.05, 3.63) is 11.9 Å². The molecule has 0 aliphatic carbocycles. The predicted molar refractivity (Wildman–Crippen MR) is 62.7 cm³/mol. The molecule has 0 radical (unpaired) electrons. The summed E-state index contributed by atoms with van der Waals surface area (Å²) < 4.78 is 10.7. The standard InChI is InChI=1S/C11H19N3O2/c1-4-6-16-11-7-9(12-3)13-10(14-11)8-15-5-2/h7H,4-6,8H2,1-3H3,(H,12,13,14). The van der Waals surface area contributed by atoms with Crippen molar-refractivity contribution in [3.8, 4) is 5.88 Å². The summed E-state index contributed by atoms with van der Waals surface area (Å²) in [6.45, 7) is 5.72. The number of anilines is 1. The molecule has 0 atom stereocenters. The van der Waals surface area contributed by atoms with E-state index in [9.17, 15) is 0 Å². The number of hydrogen-bond donors (Lipinski definition) is 1. The van der Waals surface area contributed by atoms with Crippen molar-refractivity contribution in [2.75, 3.05) is 25.6 Å². The minimum Gasteiger partial charge on any atom is -0.478 e. The highest BCUT2D eigenvalue weighted by Crippen LogP contribution is 2.13. The Balaban J connectivity index is 2.74. The van der Waals surface area contributed by atoms with Gasteiger partial charge in [-0.05, 0) is 13.3 Å². The third-order valence-electron chi connectivity index (χ3n) is 1.89. The zero-order valence-electron chi connectivity index (χ0n) is 10.1. The number of rotatable bonds is 7. The molecule has 0 fully saturated rings. The fraction of sp³-hybridized carbons (Fsp3) is 0.636. The second kappa shape index (κ2) is 7.00. The van der Waals surface area contributed by atoms with Crippen LogP contribution < -0.4 is 10.1 Å². The highest BCUT2D eigenvalue weighted by atomic mass is 16.5. The molecule has 16 heavy (non-hydrogen) atoms. The number of nitrogens with zero attached hydrogens (tertiary/aromatic N) is 2. The van der Waals surface area contributed by atoms with E-state index in [0.717, 1.165) is 12.2 Å². The summed E-state index contributed by atoms with van der Waals surface area (Å²) in [4.78, 5) is 8.53. The average molecular weight is 225 g/mol. The minimum absolute atomic E-state index is 0.411. The maximum atomic E-state index is 5.47. The second-order valence-corrected chi connectivity index (χ2v) is 3.24. The van der Waals surface area contributed by atoms with Gasteiger partial charge in [0.05, 0.1) is 6.61 Å². The van der Waals surface area contributed by atoms with E-state index in [1.54, 1.807) is 6.07 Å². The maximum Gasteiger partial charge on any atom is 0.218 e. The Morgan fingerprint density at radius 3 is 2.75 bits per heavy atom. The van der Waals surface area contributed by atoms with Crippen LogP contribution in [0.4, 0.5) is 5.82 Å². The third-order valence-corrected chi connectivity index (χ3v) is 1.89. The largest absolute Gasteiger partial charge is 0.478 e. The first-order valence-electron chi connectivity index (χ1n) is 5.56. The molecule has 0 spiro atoms. The van der Waals surface area contributed by atoms with Crippen molar-refractivity contribution in [1.82, 2.24) is 9.97 Å². The molecule has 1 aromatic heterocycles. The van der Waals surface area contributed by atoms with Crippen molar-refractivity contribution >= 4 is 5.82 Å². The van der Waals surface area contributed by atoms with Crippen LogP contribution in [0, 0.1) is 0 Å². The first kappa shape index (κ1) is 12.7. The van der Waals surface area contributed by atoms with Gasteiger partial charge >= 0.3 is 0 Å². The Bertz CT molecular complexity index is 292. The van der Waals surface area contributed by atoms with E-state index in [4.69, 9.17) is 9.47 Å². The molecule has 1 aromatic rings. The molecule has 0 aromatic carbocycles. The SMILES string of the molecule is CCCOc1cc(NC)nc(COCC)n1. The molecule has 0 saturated heterocycles. The van der Waals surface area contributed by atoms with Gasteiger partial charge in [0, 0.05) is 19.7 Å². The normalized spacial score (nSPS) is 10.2. The topological polar surface area (TPSA) is 56.3 Å². The van der Waals surface area contributed by atoms with Crippen LogP contribution in [-0.4, -0.2) is 30.2 Å². The first-order chi connectivity index (χ1) is 7.80. The summed E-state index contributed by atoms with van der Waals surface area (Å²) in [6.07, 6.45) is 0.958. The maximum absolute atomic E-state index is 5.47. The zero-order valence-corrected chi connectivity index (χ0v) is 10.1. The molecule has 5 heteroatoms. The lowest BCUT2D eigenvalue weighted by molar-refractivity contribution is 0.127. The summed E-state index contributed by atoms with van der Waals surface area (Å²) in [5, 5.41) is 2.97. The van der Waals surface area contributed by atoms with E-state index < -0.39 is 0 Å². The van der Waals surface area contributed by atoms with Crippen LogP contribution in [0.3, 0.4) is 0 Å². The molecular weight excluding hydrogens is 206 g/mol. The fourth-order valence-electron chi connectivity index (χ4n) is 1.14. The highest BCUT2D eigenvalue weighted by Gasteiger charge is 2.04. The highest BCUT2D eigenvalue weighted by molar-refractivity contribution is 5.37. The lowest BCUT2D eigenvalue weighted by atomic mass is 10.5. The van der Waals surface area contributed by atoms with Crippen LogP contribution in [0.5, 0.6) is 5.88 Å². The van der Waals surface area contributed by atoms with Crippen LogP contribution >= 0.6 is 0 Å².